The zero-order valence-corrected chi connectivity index (χ0v) is 9.68. The zero-order chi connectivity index (χ0) is 12.1. The second-order valence-corrected chi connectivity index (χ2v) is 4.77. The van der Waals surface area contributed by atoms with E-state index in [1.807, 2.05) is 0 Å². The van der Waals surface area contributed by atoms with Crippen LogP contribution in [0.2, 0.25) is 0 Å². The fraction of sp³-hybridized carbons (Fsp3) is 0.400. The summed E-state index contributed by atoms with van der Waals surface area (Å²) in [5.41, 5.74) is -0.0949. The number of benzene rings is 1. The maximum absolute atomic E-state index is 12.3. The molecule has 1 aromatic carbocycles. The Morgan fingerprint density at radius 1 is 1.00 bits per heavy atom. The van der Waals surface area contributed by atoms with E-state index in [2.05, 4.69) is 28.2 Å². The van der Waals surface area contributed by atoms with E-state index in [1.165, 1.54) is 24.3 Å². The van der Waals surface area contributed by atoms with Crippen LogP contribution in [0, 0.1) is 0 Å². The smallest absolute Gasteiger partial charge is 0.437 e. The maximum Gasteiger partial charge on any atom is 0.437 e. The summed E-state index contributed by atoms with van der Waals surface area (Å²) in [5.74, 6) is 0. The summed E-state index contributed by atoms with van der Waals surface area (Å²) in [4.78, 5) is 0. The molecule has 0 aliphatic rings. The van der Waals surface area contributed by atoms with Crippen LogP contribution in [0.4, 0.5) is 4.32 Å². The maximum atomic E-state index is 12.3. The molecule has 0 radical (unpaired) electrons. The van der Waals surface area contributed by atoms with Crippen molar-refractivity contribution in [1.29, 1.82) is 0 Å². The standard InChI is InChI=1S/C6H7BFO2.C4H12N/c8-7(9,10)6-4-2-1-3-5-6;1-5(2,3)4/h1-5,9-10H;1-4H3/q-1;+1. The first-order chi connectivity index (χ1) is 6.61. The van der Waals surface area contributed by atoms with Gasteiger partial charge in [0.15, 0.2) is 0 Å². The normalized spacial score (nSPS) is 11.7. The molecule has 0 amide bonds. The molecule has 0 unspecified atom stereocenters. The van der Waals surface area contributed by atoms with Crippen molar-refractivity contribution in [1.82, 2.24) is 0 Å². The Labute approximate surface area is 90.4 Å². The van der Waals surface area contributed by atoms with Crippen LogP contribution in [0.3, 0.4) is 0 Å². The van der Waals surface area contributed by atoms with Crippen LogP contribution in [0.15, 0.2) is 30.3 Å². The first-order valence-electron chi connectivity index (χ1n) is 4.72. The molecular weight excluding hydrogens is 196 g/mol. The van der Waals surface area contributed by atoms with Crippen LogP contribution in [-0.4, -0.2) is 49.6 Å². The molecule has 1 aromatic rings. The van der Waals surface area contributed by atoms with Crippen molar-refractivity contribution in [3.8, 4) is 0 Å². The van der Waals surface area contributed by atoms with E-state index in [-0.39, 0.29) is 5.46 Å². The predicted molar refractivity (Wildman–Crippen MR) is 61.3 cm³/mol. The van der Waals surface area contributed by atoms with Crippen molar-refractivity contribution in [3.05, 3.63) is 30.3 Å². The van der Waals surface area contributed by atoms with Gasteiger partial charge in [-0.2, -0.15) is 0 Å². The second-order valence-electron chi connectivity index (χ2n) is 4.77. The van der Waals surface area contributed by atoms with E-state index in [9.17, 15) is 4.32 Å². The first-order valence-corrected chi connectivity index (χ1v) is 4.72. The fourth-order valence-corrected chi connectivity index (χ4v) is 0.698. The van der Waals surface area contributed by atoms with Crippen molar-refractivity contribution in [3.63, 3.8) is 0 Å². The molecule has 0 aliphatic heterocycles. The summed E-state index contributed by atoms with van der Waals surface area (Å²) in [6, 6.07) is 7.39. The van der Waals surface area contributed by atoms with Gasteiger partial charge >= 0.3 is 6.83 Å². The van der Waals surface area contributed by atoms with Crippen LogP contribution >= 0.6 is 0 Å². The molecule has 0 spiro atoms. The Morgan fingerprint density at radius 3 is 1.53 bits per heavy atom. The third kappa shape index (κ3) is 9.40. The number of halogens is 1. The summed E-state index contributed by atoms with van der Waals surface area (Å²) in [5, 5.41) is 16.9. The highest BCUT2D eigenvalue weighted by Gasteiger charge is 2.18. The van der Waals surface area contributed by atoms with E-state index in [0.717, 1.165) is 4.48 Å². The molecule has 1 rings (SSSR count). The molecule has 0 saturated carbocycles. The van der Waals surface area contributed by atoms with Gasteiger partial charge in [-0.3, -0.25) is 0 Å². The van der Waals surface area contributed by atoms with Crippen molar-refractivity contribution < 1.29 is 18.8 Å². The summed E-state index contributed by atoms with van der Waals surface area (Å²) < 4.78 is 13.3. The van der Waals surface area contributed by atoms with Gasteiger partial charge in [-0.25, -0.2) is 0 Å². The molecular formula is C10H19BFNO2. The predicted octanol–water partition coefficient (Wildman–Crippen LogP) is 0.109. The summed E-state index contributed by atoms with van der Waals surface area (Å²) >= 11 is 0. The van der Waals surface area contributed by atoms with Gasteiger partial charge in [-0.15, -0.1) is 5.46 Å². The Balaban J connectivity index is 0.000000336. The van der Waals surface area contributed by atoms with Gasteiger partial charge < -0.3 is 18.8 Å². The van der Waals surface area contributed by atoms with Gasteiger partial charge in [-0.05, 0) is 0 Å². The van der Waals surface area contributed by atoms with Crippen molar-refractivity contribution >= 4 is 12.3 Å². The third-order valence-corrected chi connectivity index (χ3v) is 1.22. The lowest BCUT2D eigenvalue weighted by atomic mass is 9.74. The number of hydrogen-bond acceptors (Lipinski definition) is 2. The van der Waals surface area contributed by atoms with Crippen LogP contribution in [-0.2, 0) is 0 Å². The Hall–Kier alpha value is -0.905. The first kappa shape index (κ1) is 14.1. The summed E-state index contributed by atoms with van der Waals surface area (Å²) in [6.45, 7) is -3.80. The van der Waals surface area contributed by atoms with Crippen LogP contribution in [0.5, 0.6) is 0 Å². The lowest BCUT2D eigenvalue weighted by molar-refractivity contribution is -0.849. The number of nitrogens with zero attached hydrogens (tertiary/aromatic N) is 1. The molecule has 0 heterocycles. The number of rotatable bonds is 1. The number of hydrogen-bond donors (Lipinski definition) is 2. The third-order valence-electron chi connectivity index (χ3n) is 1.22. The summed E-state index contributed by atoms with van der Waals surface area (Å²) in [7, 11) is 8.50. The minimum absolute atomic E-state index is 0.0949. The largest absolute Gasteiger partial charge is 0.552 e. The van der Waals surface area contributed by atoms with Crippen molar-refractivity contribution in [2.24, 2.45) is 0 Å². The lowest BCUT2D eigenvalue weighted by Gasteiger charge is -2.18. The van der Waals surface area contributed by atoms with Gasteiger partial charge in [0, 0.05) is 0 Å². The minimum atomic E-state index is -3.80. The van der Waals surface area contributed by atoms with Gasteiger partial charge in [0.2, 0.25) is 0 Å². The molecule has 0 aliphatic carbocycles. The van der Waals surface area contributed by atoms with Crippen LogP contribution in [0.25, 0.3) is 0 Å². The van der Waals surface area contributed by atoms with E-state index in [1.54, 1.807) is 6.07 Å². The minimum Gasteiger partial charge on any atom is -0.552 e. The molecule has 0 atom stereocenters. The molecule has 86 valence electrons. The highest BCUT2D eigenvalue weighted by atomic mass is 19.1. The van der Waals surface area contributed by atoms with Crippen LogP contribution < -0.4 is 5.46 Å². The Bertz CT molecular complexity index is 274. The molecule has 3 nitrogen and oxygen atoms in total. The molecule has 5 heteroatoms. The Kier molecular flexibility index (Phi) is 4.94. The quantitative estimate of drug-likeness (QED) is 0.515. The van der Waals surface area contributed by atoms with E-state index >= 15 is 0 Å². The number of quaternary nitrogens is 1. The van der Waals surface area contributed by atoms with Gasteiger partial charge in [0.1, 0.15) is 0 Å². The monoisotopic (exact) mass is 215 g/mol. The highest BCUT2D eigenvalue weighted by Crippen LogP contribution is 1.95. The summed E-state index contributed by atoms with van der Waals surface area (Å²) in [6.07, 6.45) is 0. The highest BCUT2D eigenvalue weighted by molar-refractivity contribution is 6.72. The molecule has 0 bridgehead atoms. The zero-order valence-electron chi connectivity index (χ0n) is 9.68. The topological polar surface area (TPSA) is 40.5 Å². The Morgan fingerprint density at radius 2 is 1.33 bits per heavy atom. The average Bonchev–Trinajstić information content (AvgIpc) is 2.01. The SMILES string of the molecule is C[N+](C)(C)C.O[B-](O)(F)c1ccccc1. The van der Waals surface area contributed by atoms with Gasteiger partial charge in [0.05, 0.1) is 28.2 Å². The van der Waals surface area contributed by atoms with E-state index < -0.39 is 6.83 Å². The molecule has 0 saturated heterocycles. The van der Waals surface area contributed by atoms with E-state index in [4.69, 9.17) is 10.0 Å². The molecule has 0 aromatic heterocycles. The fourth-order valence-electron chi connectivity index (χ4n) is 0.698. The van der Waals surface area contributed by atoms with Gasteiger partial charge in [0.25, 0.3) is 0 Å². The van der Waals surface area contributed by atoms with Gasteiger partial charge in [-0.1, -0.05) is 30.3 Å². The lowest BCUT2D eigenvalue weighted by Crippen LogP contribution is -2.43. The average molecular weight is 215 g/mol. The molecule has 15 heavy (non-hydrogen) atoms. The van der Waals surface area contributed by atoms with Crippen molar-refractivity contribution in [2.45, 2.75) is 0 Å². The second kappa shape index (κ2) is 5.25. The molecule has 2 N–H and O–H groups in total. The van der Waals surface area contributed by atoms with Crippen molar-refractivity contribution in [2.75, 3.05) is 28.2 Å². The van der Waals surface area contributed by atoms with E-state index in [0.29, 0.717) is 0 Å². The molecule has 0 fully saturated rings. The van der Waals surface area contributed by atoms with Crippen LogP contribution in [0.1, 0.15) is 0 Å².